The second kappa shape index (κ2) is 4.44. The van der Waals surface area contributed by atoms with Gasteiger partial charge in [0.2, 0.25) is 0 Å². The second-order valence-electron chi connectivity index (χ2n) is 3.58. The molecule has 0 aromatic rings. The molecule has 0 amide bonds. The molecule has 0 bridgehead atoms. The van der Waals surface area contributed by atoms with Crippen molar-refractivity contribution >= 4 is 0 Å². The molecule has 1 heterocycles. The third-order valence-corrected chi connectivity index (χ3v) is 2.46. The zero-order valence-corrected chi connectivity index (χ0v) is 7.53. The molecular formula is C9H16N2O. The van der Waals surface area contributed by atoms with E-state index < -0.39 is 0 Å². The number of hydrogen-bond acceptors (Lipinski definition) is 3. The van der Waals surface area contributed by atoms with Gasteiger partial charge in [-0.2, -0.15) is 5.26 Å². The van der Waals surface area contributed by atoms with Gasteiger partial charge in [0, 0.05) is 25.6 Å². The van der Waals surface area contributed by atoms with E-state index in [1.807, 2.05) is 0 Å². The number of nitrogens with zero attached hydrogens (tertiary/aromatic N) is 2. The quantitative estimate of drug-likeness (QED) is 0.671. The van der Waals surface area contributed by atoms with E-state index in [1.165, 1.54) is 0 Å². The number of nitriles is 1. The van der Waals surface area contributed by atoms with Crippen LogP contribution in [0.5, 0.6) is 0 Å². The normalized spacial score (nSPS) is 30.4. The zero-order valence-electron chi connectivity index (χ0n) is 7.53. The van der Waals surface area contributed by atoms with Gasteiger partial charge in [-0.25, -0.2) is 0 Å². The molecule has 1 rings (SSSR count). The summed E-state index contributed by atoms with van der Waals surface area (Å²) < 4.78 is 0. The molecule has 2 unspecified atom stereocenters. The van der Waals surface area contributed by atoms with Crippen molar-refractivity contribution in [3.8, 4) is 6.07 Å². The minimum absolute atomic E-state index is 0.232. The fourth-order valence-corrected chi connectivity index (χ4v) is 1.89. The highest BCUT2D eigenvalue weighted by Crippen LogP contribution is 2.21. The Kier molecular flexibility index (Phi) is 3.51. The number of rotatable bonds is 3. The Labute approximate surface area is 73.6 Å². The standard InChI is InChI=1S/C9H16N2O/c1-8-5-9(7-12)11(6-8)4-2-3-10/h8-9,12H,2,4-7H2,1H3. The summed E-state index contributed by atoms with van der Waals surface area (Å²) in [5.41, 5.74) is 0. The summed E-state index contributed by atoms with van der Waals surface area (Å²) in [4.78, 5) is 2.22. The maximum Gasteiger partial charge on any atom is 0.0635 e. The predicted molar refractivity (Wildman–Crippen MR) is 46.5 cm³/mol. The Morgan fingerprint density at radius 2 is 2.42 bits per heavy atom. The van der Waals surface area contributed by atoms with Crippen molar-refractivity contribution in [1.29, 1.82) is 5.26 Å². The molecule has 1 N–H and O–H groups in total. The number of likely N-dealkylation sites (tertiary alicyclic amines) is 1. The maximum atomic E-state index is 9.03. The summed E-state index contributed by atoms with van der Waals surface area (Å²) in [6.07, 6.45) is 1.64. The topological polar surface area (TPSA) is 47.3 Å². The predicted octanol–water partition coefficient (Wildman–Crippen LogP) is 0.603. The molecule has 1 fully saturated rings. The first-order valence-electron chi connectivity index (χ1n) is 4.49. The van der Waals surface area contributed by atoms with E-state index in [9.17, 15) is 0 Å². The number of aliphatic hydroxyl groups excluding tert-OH is 1. The van der Waals surface area contributed by atoms with Crippen LogP contribution in [-0.2, 0) is 0 Å². The molecule has 1 aliphatic rings. The maximum absolute atomic E-state index is 9.03. The lowest BCUT2D eigenvalue weighted by Crippen LogP contribution is -2.32. The van der Waals surface area contributed by atoms with Crippen LogP contribution in [-0.4, -0.2) is 35.7 Å². The van der Waals surface area contributed by atoms with Crippen LogP contribution in [0, 0.1) is 17.2 Å². The molecule has 3 heteroatoms. The molecule has 2 atom stereocenters. The lowest BCUT2D eigenvalue weighted by molar-refractivity contribution is 0.161. The lowest BCUT2D eigenvalue weighted by atomic mass is 10.1. The van der Waals surface area contributed by atoms with Crippen molar-refractivity contribution in [3.05, 3.63) is 0 Å². The largest absolute Gasteiger partial charge is 0.395 e. The summed E-state index contributed by atoms with van der Waals surface area (Å²) in [7, 11) is 0. The van der Waals surface area contributed by atoms with E-state index in [-0.39, 0.29) is 6.61 Å². The summed E-state index contributed by atoms with van der Waals surface area (Å²) in [5, 5.41) is 17.4. The number of aliphatic hydroxyl groups is 1. The van der Waals surface area contributed by atoms with E-state index in [2.05, 4.69) is 17.9 Å². The van der Waals surface area contributed by atoms with Crippen molar-refractivity contribution in [3.63, 3.8) is 0 Å². The average molecular weight is 168 g/mol. The number of hydrogen-bond donors (Lipinski definition) is 1. The SMILES string of the molecule is CC1CC(CO)N(CCC#N)C1. The summed E-state index contributed by atoms with van der Waals surface area (Å²) in [5.74, 6) is 0.667. The van der Waals surface area contributed by atoms with Crippen molar-refractivity contribution < 1.29 is 5.11 Å². The van der Waals surface area contributed by atoms with Crippen LogP contribution in [0.2, 0.25) is 0 Å². The highest BCUT2D eigenvalue weighted by Gasteiger charge is 2.27. The molecule has 0 aromatic carbocycles. The van der Waals surface area contributed by atoms with Gasteiger partial charge < -0.3 is 5.11 Å². The summed E-state index contributed by atoms with van der Waals surface area (Å²) in [6, 6.07) is 2.43. The first-order chi connectivity index (χ1) is 5.77. The smallest absolute Gasteiger partial charge is 0.0635 e. The Hall–Kier alpha value is -0.590. The molecule has 3 nitrogen and oxygen atoms in total. The van der Waals surface area contributed by atoms with Crippen LogP contribution in [0.4, 0.5) is 0 Å². The van der Waals surface area contributed by atoms with Gasteiger partial charge in [0.15, 0.2) is 0 Å². The van der Waals surface area contributed by atoms with E-state index in [0.717, 1.165) is 19.5 Å². The third-order valence-electron chi connectivity index (χ3n) is 2.46. The van der Waals surface area contributed by atoms with E-state index in [1.54, 1.807) is 0 Å². The minimum atomic E-state index is 0.232. The molecule has 0 spiro atoms. The molecule has 0 aliphatic carbocycles. The second-order valence-corrected chi connectivity index (χ2v) is 3.58. The molecule has 1 saturated heterocycles. The Bertz CT molecular complexity index is 176. The van der Waals surface area contributed by atoms with Crippen molar-refractivity contribution in [2.24, 2.45) is 5.92 Å². The van der Waals surface area contributed by atoms with Gasteiger partial charge in [-0.1, -0.05) is 6.92 Å². The van der Waals surface area contributed by atoms with Crippen LogP contribution in [0.3, 0.4) is 0 Å². The molecular weight excluding hydrogens is 152 g/mol. The van der Waals surface area contributed by atoms with E-state index in [0.29, 0.717) is 18.4 Å². The lowest BCUT2D eigenvalue weighted by Gasteiger charge is -2.20. The fraction of sp³-hybridized carbons (Fsp3) is 0.889. The summed E-state index contributed by atoms with van der Waals surface area (Å²) >= 11 is 0. The van der Waals surface area contributed by atoms with Crippen LogP contribution in [0.1, 0.15) is 19.8 Å². The van der Waals surface area contributed by atoms with Crippen molar-refractivity contribution in [2.75, 3.05) is 19.7 Å². The van der Waals surface area contributed by atoms with Crippen molar-refractivity contribution in [2.45, 2.75) is 25.8 Å². The van der Waals surface area contributed by atoms with Gasteiger partial charge in [-0.05, 0) is 12.3 Å². The first-order valence-corrected chi connectivity index (χ1v) is 4.49. The molecule has 1 aliphatic heterocycles. The zero-order chi connectivity index (χ0) is 8.97. The van der Waals surface area contributed by atoms with Gasteiger partial charge in [-0.15, -0.1) is 0 Å². The Morgan fingerprint density at radius 1 is 1.67 bits per heavy atom. The van der Waals surface area contributed by atoms with Gasteiger partial charge in [0.25, 0.3) is 0 Å². The van der Waals surface area contributed by atoms with E-state index in [4.69, 9.17) is 10.4 Å². The third kappa shape index (κ3) is 2.20. The van der Waals surface area contributed by atoms with Gasteiger partial charge in [0.1, 0.15) is 0 Å². The average Bonchev–Trinajstić information content (AvgIpc) is 2.42. The molecule has 68 valence electrons. The Balaban J connectivity index is 2.36. The van der Waals surface area contributed by atoms with Crippen LogP contribution in [0.25, 0.3) is 0 Å². The molecule has 0 aromatic heterocycles. The van der Waals surface area contributed by atoms with Crippen LogP contribution >= 0.6 is 0 Å². The van der Waals surface area contributed by atoms with Gasteiger partial charge >= 0.3 is 0 Å². The highest BCUT2D eigenvalue weighted by atomic mass is 16.3. The highest BCUT2D eigenvalue weighted by molar-refractivity contribution is 4.84. The minimum Gasteiger partial charge on any atom is -0.395 e. The first kappa shape index (κ1) is 9.50. The summed E-state index contributed by atoms with van der Waals surface area (Å²) in [6.45, 7) is 4.27. The Morgan fingerprint density at radius 3 is 3.00 bits per heavy atom. The van der Waals surface area contributed by atoms with Crippen LogP contribution in [0.15, 0.2) is 0 Å². The van der Waals surface area contributed by atoms with Crippen LogP contribution < -0.4 is 0 Å². The van der Waals surface area contributed by atoms with E-state index >= 15 is 0 Å². The molecule has 0 saturated carbocycles. The van der Waals surface area contributed by atoms with Gasteiger partial charge in [-0.3, -0.25) is 4.90 Å². The van der Waals surface area contributed by atoms with Gasteiger partial charge in [0.05, 0.1) is 12.7 Å². The molecule has 0 radical (unpaired) electrons. The molecule has 12 heavy (non-hydrogen) atoms. The fourth-order valence-electron chi connectivity index (χ4n) is 1.89. The van der Waals surface area contributed by atoms with Crippen molar-refractivity contribution in [1.82, 2.24) is 4.90 Å². The monoisotopic (exact) mass is 168 g/mol.